The molecule has 2 N–H and O–H groups in total. The molecular formula is C14H21FN2O. The first-order chi connectivity index (χ1) is 8.41. The van der Waals surface area contributed by atoms with Crippen molar-refractivity contribution in [1.29, 1.82) is 0 Å². The van der Waals surface area contributed by atoms with Gasteiger partial charge >= 0.3 is 0 Å². The second kappa shape index (κ2) is 6.50. The van der Waals surface area contributed by atoms with E-state index in [1.165, 1.54) is 6.07 Å². The van der Waals surface area contributed by atoms with Crippen LogP contribution in [0.4, 0.5) is 4.39 Å². The van der Waals surface area contributed by atoms with E-state index in [9.17, 15) is 9.18 Å². The number of carbonyl (C=O) groups is 1. The summed E-state index contributed by atoms with van der Waals surface area (Å²) < 4.78 is 13.6. The van der Waals surface area contributed by atoms with E-state index >= 15 is 0 Å². The molecule has 0 aliphatic rings. The Labute approximate surface area is 108 Å². The molecule has 1 aromatic rings. The predicted molar refractivity (Wildman–Crippen MR) is 70.7 cm³/mol. The highest BCUT2D eigenvalue weighted by molar-refractivity contribution is 5.81. The highest BCUT2D eigenvalue weighted by Gasteiger charge is 2.18. The number of nitrogens with one attached hydrogen (secondary N) is 2. The van der Waals surface area contributed by atoms with Gasteiger partial charge in [-0.15, -0.1) is 0 Å². The van der Waals surface area contributed by atoms with Crippen LogP contribution >= 0.6 is 0 Å². The van der Waals surface area contributed by atoms with Crippen LogP contribution in [0.2, 0.25) is 0 Å². The number of carbonyl (C=O) groups excluding carboxylic acids is 1. The molecule has 2 atom stereocenters. The SMILES string of the molecule is CC(C)NC(=O)C(C)NC(C)c1ccccc1F. The average Bonchev–Trinajstić information content (AvgIpc) is 2.28. The van der Waals surface area contributed by atoms with Crippen molar-refractivity contribution in [2.45, 2.75) is 45.8 Å². The van der Waals surface area contributed by atoms with Crippen molar-refractivity contribution in [1.82, 2.24) is 10.6 Å². The van der Waals surface area contributed by atoms with E-state index < -0.39 is 0 Å². The topological polar surface area (TPSA) is 41.1 Å². The van der Waals surface area contributed by atoms with Crippen molar-refractivity contribution in [3.63, 3.8) is 0 Å². The minimum absolute atomic E-state index is 0.0758. The van der Waals surface area contributed by atoms with E-state index in [-0.39, 0.29) is 29.8 Å². The molecule has 0 saturated heterocycles. The van der Waals surface area contributed by atoms with Crippen molar-refractivity contribution >= 4 is 5.91 Å². The Hall–Kier alpha value is -1.42. The average molecular weight is 252 g/mol. The van der Waals surface area contributed by atoms with Gasteiger partial charge in [-0.05, 0) is 33.8 Å². The first-order valence-corrected chi connectivity index (χ1v) is 6.22. The summed E-state index contributed by atoms with van der Waals surface area (Å²) in [6, 6.07) is 6.12. The summed E-state index contributed by atoms with van der Waals surface area (Å²) in [6.07, 6.45) is 0. The Morgan fingerprint density at radius 1 is 1.17 bits per heavy atom. The van der Waals surface area contributed by atoms with Gasteiger partial charge in [0.05, 0.1) is 6.04 Å². The van der Waals surface area contributed by atoms with E-state index in [2.05, 4.69) is 10.6 Å². The monoisotopic (exact) mass is 252 g/mol. The van der Waals surface area contributed by atoms with Crippen LogP contribution in [0, 0.1) is 5.82 Å². The van der Waals surface area contributed by atoms with Gasteiger partial charge < -0.3 is 5.32 Å². The Kier molecular flexibility index (Phi) is 5.28. The molecule has 18 heavy (non-hydrogen) atoms. The van der Waals surface area contributed by atoms with Gasteiger partial charge in [-0.3, -0.25) is 10.1 Å². The third-order valence-corrected chi connectivity index (χ3v) is 2.70. The van der Waals surface area contributed by atoms with Crippen molar-refractivity contribution in [3.8, 4) is 0 Å². The van der Waals surface area contributed by atoms with Gasteiger partial charge in [0.1, 0.15) is 5.82 Å². The Morgan fingerprint density at radius 2 is 1.78 bits per heavy atom. The predicted octanol–water partition coefficient (Wildman–Crippen LogP) is 2.39. The van der Waals surface area contributed by atoms with Gasteiger partial charge in [0.2, 0.25) is 5.91 Å². The summed E-state index contributed by atoms with van der Waals surface area (Å²) in [6.45, 7) is 7.43. The van der Waals surface area contributed by atoms with Crippen molar-refractivity contribution in [3.05, 3.63) is 35.6 Å². The largest absolute Gasteiger partial charge is 0.353 e. The summed E-state index contributed by atoms with van der Waals surface area (Å²) in [5.41, 5.74) is 0.571. The van der Waals surface area contributed by atoms with Gasteiger partial charge in [0, 0.05) is 17.6 Å². The zero-order chi connectivity index (χ0) is 13.7. The molecule has 0 fully saturated rings. The fourth-order valence-corrected chi connectivity index (χ4v) is 1.78. The summed E-state index contributed by atoms with van der Waals surface area (Å²) in [5, 5.41) is 5.91. The van der Waals surface area contributed by atoms with E-state index in [1.54, 1.807) is 25.1 Å². The van der Waals surface area contributed by atoms with E-state index in [0.717, 1.165) is 0 Å². The lowest BCUT2D eigenvalue weighted by Gasteiger charge is -2.21. The van der Waals surface area contributed by atoms with Gasteiger partial charge in [-0.1, -0.05) is 18.2 Å². The maximum atomic E-state index is 13.6. The van der Waals surface area contributed by atoms with Crippen molar-refractivity contribution in [2.24, 2.45) is 0 Å². The normalized spacial score (nSPS) is 14.3. The van der Waals surface area contributed by atoms with Crippen LogP contribution in [0.5, 0.6) is 0 Å². The molecule has 0 bridgehead atoms. The number of halogens is 1. The van der Waals surface area contributed by atoms with Crippen LogP contribution in [0.1, 0.15) is 39.3 Å². The van der Waals surface area contributed by atoms with Gasteiger partial charge in [0.15, 0.2) is 0 Å². The Balaban J connectivity index is 2.62. The van der Waals surface area contributed by atoms with Gasteiger partial charge in [-0.2, -0.15) is 0 Å². The molecule has 1 rings (SSSR count). The molecule has 0 aliphatic heterocycles. The third kappa shape index (κ3) is 4.11. The van der Waals surface area contributed by atoms with Gasteiger partial charge in [0.25, 0.3) is 0 Å². The van der Waals surface area contributed by atoms with E-state index in [0.29, 0.717) is 5.56 Å². The maximum Gasteiger partial charge on any atom is 0.237 e. The number of hydrogen-bond donors (Lipinski definition) is 2. The first-order valence-electron chi connectivity index (χ1n) is 6.22. The van der Waals surface area contributed by atoms with Crippen LogP contribution in [0.3, 0.4) is 0 Å². The van der Waals surface area contributed by atoms with Crippen LogP contribution in [0.15, 0.2) is 24.3 Å². The molecular weight excluding hydrogens is 231 g/mol. The lowest BCUT2D eigenvalue weighted by atomic mass is 10.1. The fourth-order valence-electron chi connectivity index (χ4n) is 1.78. The molecule has 0 aromatic heterocycles. The minimum atomic E-state index is -0.359. The zero-order valence-corrected chi connectivity index (χ0v) is 11.3. The Morgan fingerprint density at radius 3 is 2.33 bits per heavy atom. The molecule has 3 nitrogen and oxygen atoms in total. The van der Waals surface area contributed by atoms with E-state index in [1.807, 2.05) is 20.8 Å². The smallest absolute Gasteiger partial charge is 0.237 e. The Bertz CT molecular complexity index is 407. The van der Waals surface area contributed by atoms with Crippen LogP contribution in [0.25, 0.3) is 0 Å². The second-order valence-corrected chi connectivity index (χ2v) is 4.79. The molecule has 0 saturated carbocycles. The van der Waals surface area contributed by atoms with Gasteiger partial charge in [-0.25, -0.2) is 4.39 Å². The molecule has 2 unspecified atom stereocenters. The second-order valence-electron chi connectivity index (χ2n) is 4.79. The standard InChI is InChI=1S/C14H21FN2O/c1-9(2)16-14(18)11(4)17-10(3)12-7-5-6-8-13(12)15/h5-11,17H,1-4H3,(H,16,18). The molecule has 0 aliphatic carbocycles. The van der Waals surface area contributed by atoms with Crippen molar-refractivity contribution < 1.29 is 9.18 Å². The number of rotatable bonds is 5. The summed E-state index contributed by atoms with van der Waals surface area (Å²) in [5.74, 6) is -0.331. The molecule has 0 heterocycles. The maximum absolute atomic E-state index is 13.6. The lowest BCUT2D eigenvalue weighted by Crippen LogP contribution is -2.45. The third-order valence-electron chi connectivity index (χ3n) is 2.70. The molecule has 100 valence electrons. The highest BCUT2D eigenvalue weighted by atomic mass is 19.1. The quantitative estimate of drug-likeness (QED) is 0.845. The fraction of sp³-hybridized carbons (Fsp3) is 0.500. The van der Waals surface area contributed by atoms with Crippen LogP contribution in [-0.2, 0) is 4.79 Å². The van der Waals surface area contributed by atoms with E-state index in [4.69, 9.17) is 0 Å². The summed E-state index contributed by atoms with van der Waals surface area (Å²) in [7, 11) is 0. The minimum Gasteiger partial charge on any atom is -0.353 e. The summed E-state index contributed by atoms with van der Waals surface area (Å²) in [4.78, 5) is 11.7. The van der Waals surface area contributed by atoms with Crippen LogP contribution in [-0.4, -0.2) is 18.0 Å². The molecule has 1 aromatic carbocycles. The van der Waals surface area contributed by atoms with Crippen molar-refractivity contribution in [2.75, 3.05) is 0 Å². The molecule has 1 amide bonds. The highest BCUT2D eigenvalue weighted by Crippen LogP contribution is 2.16. The lowest BCUT2D eigenvalue weighted by molar-refractivity contribution is -0.123. The number of benzene rings is 1. The molecule has 4 heteroatoms. The summed E-state index contributed by atoms with van der Waals surface area (Å²) >= 11 is 0. The van der Waals surface area contributed by atoms with Crippen LogP contribution < -0.4 is 10.6 Å². The first kappa shape index (κ1) is 14.6. The number of hydrogen-bond acceptors (Lipinski definition) is 2. The zero-order valence-electron chi connectivity index (χ0n) is 11.3. The molecule has 0 spiro atoms. The molecule has 0 radical (unpaired) electrons. The number of amides is 1.